The molecule has 16 heavy (non-hydrogen) atoms. The van der Waals surface area contributed by atoms with E-state index in [0.717, 1.165) is 0 Å². The summed E-state index contributed by atoms with van der Waals surface area (Å²) in [6.45, 7) is 1.45. The Morgan fingerprint density at radius 3 is 3.00 bits per heavy atom. The van der Waals surface area contributed by atoms with Crippen molar-refractivity contribution in [3.8, 4) is 0 Å². The summed E-state index contributed by atoms with van der Waals surface area (Å²) in [6, 6.07) is 6.24. The fourth-order valence-electron chi connectivity index (χ4n) is 1.49. The number of rotatable bonds is 2. The number of fused-ring (bicyclic) bond motifs is 1. The highest BCUT2D eigenvalue weighted by atomic mass is 19.1. The molecular formula is C12H10FNO2. The van der Waals surface area contributed by atoms with Gasteiger partial charge in [-0.3, -0.25) is 9.78 Å². The Balaban J connectivity index is 2.46. The average molecular weight is 219 g/mol. The molecule has 2 rings (SSSR count). The third kappa shape index (κ3) is 2.00. The largest absolute Gasteiger partial charge is 0.461 e. The number of carbonyl (C=O) groups excluding carboxylic acids is 1. The van der Waals surface area contributed by atoms with Crippen molar-refractivity contribution in [2.24, 2.45) is 0 Å². The monoisotopic (exact) mass is 219 g/mol. The molecule has 3 nitrogen and oxygen atoms in total. The molecule has 4 heteroatoms. The van der Waals surface area contributed by atoms with E-state index in [2.05, 4.69) is 4.98 Å². The normalized spacial score (nSPS) is 10.4. The Labute approximate surface area is 91.9 Å². The van der Waals surface area contributed by atoms with Gasteiger partial charge in [0.1, 0.15) is 12.4 Å². The molecule has 0 amide bonds. The molecular weight excluding hydrogens is 209 g/mol. The van der Waals surface area contributed by atoms with Crippen LogP contribution in [-0.4, -0.2) is 11.0 Å². The number of ether oxygens (including phenoxy) is 1. The van der Waals surface area contributed by atoms with E-state index in [1.165, 1.54) is 13.0 Å². The smallest absolute Gasteiger partial charge is 0.302 e. The van der Waals surface area contributed by atoms with Crippen LogP contribution in [0, 0.1) is 5.82 Å². The van der Waals surface area contributed by atoms with Gasteiger partial charge in [-0.1, -0.05) is 6.07 Å². The Morgan fingerprint density at radius 1 is 1.44 bits per heavy atom. The van der Waals surface area contributed by atoms with E-state index in [1.54, 1.807) is 24.4 Å². The molecule has 0 bridgehead atoms. The maximum Gasteiger partial charge on any atom is 0.302 e. The number of esters is 1. The molecule has 0 aliphatic heterocycles. The molecule has 1 heterocycles. The van der Waals surface area contributed by atoms with Crippen LogP contribution < -0.4 is 0 Å². The summed E-state index contributed by atoms with van der Waals surface area (Å²) in [5.41, 5.74) is 1.23. The van der Waals surface area contributed by atoms with Gasteiger partial charge in [0.15, 0.2) is 0 Å². The maximum absolute atomic E-state index is 13.4. The van der Waals surface area contributed by atoms with Gasteiger partial charge < -0.3 is 4.74 Å². The average Bonchev–Trinajstić information content (AvgIpc) is 2.28. The summed E-state index contributed by atoms with van der Waals surface area (Å²) < 4.78 is 18.3. The molecule has 0 saturated carbocycles. The zero-order chi connectivity index (χ0) is 11.5. The highest BCUT2D eigenvalue weighted by molar-refractivity contribution is 5.82. The van der Waals surface area contributed by atoms with E-state index in [1.807, 2.05) is 0 Å². The van der Waals surface area contributed by atoms with Crippen LogP contribution in [-0.2, 0) is 16.1 Å². The van der Waals surface area contributed by atoms with Crippen LogP contribution in [0.3, 0.4) is 0 Å². The molecule has 2 aromatic rings. The van der Waals surface area contributed by atoms with Gasteiger partial charge in [0, 0.05) is 24.1 Å². The second-order valence-electron chi connectivity index (χ2n) is 3.39. The number of hydrogen-bond donors (Lipinski definition) is 0. The number of carbonyl (C=O) groups is 1. The molecule has 0 unspecified atom stereocenters. The summed E-state index contributed by atoms with van der Waals surface area (Å²) >= 11 is 0. The predicted molar refractivity (Wildman–Crippen MR) is 57.2 cm³/mol. The van der Waals surface area contributed by atoms with Crippen LogP contribution >= 0.6 is 0 Å². The summed E-state index contributed by atoms with van der Waals surface area (Å²) in [5.74, 6) is -0.692. The first-order valence-electron chi connectivity index (χ1n) is 4.84. The molecule has 0 saturated heterocycles. The summed E-state index contributed by atoms with van der Waals surface area (Å²) in [5, 5.41) is 0.437. The van der Waals surface area contributed by atoms with Gasteiger partial charge in [-0.2, -0.15) is 0 Å². The Hall–Kier alpha value is -1.97. The van der Waals surface area contributed by atoms with Crippen molar-refractivity contribution < 1.29 is 13.9 Å². The number of aromatic nitrogens is 1. The van der Waals surface area contributed by atoms with Crippen molar-refractivity contribution in [2.75, 3.05) is 0 Å². The van der Waals surface area contributed by atoms with E-state index in [9.17, 15) is 9.18 Å². The second-order valence-corrected chi connectivity index (χ2v) is 3.39. The lowest BCUT2D eigenvalue weighted by molar-refractivity contribution is -0.142. The third-order valence-electron chi connectivity index (χ3n) is 2.23. The first kappa shape index (κ1) is 10.5. The highest BCUT2D eigenvalue weighted by Crippen LogP contribution is 2.20. The van der Waals surface area contributed by atoms with Crippen molar-refractivity contribution in [1.82, 2.24) is 4.98 Å². The minimum Gasteiger partial charge on any atom is -0.461 e. The minimum absolute atomic E-state index is 0.114. The van der Waals surface area contributed by atoms with Gasteiger partial charge in [-0.05, 0) is 18.2 Å². The van der Waals surface area contributed by atoms with Crippen molar-refractivity contribution in [2.45, 2.75) is 13.5 Å². The van der Waals surface area contributed by atoms with Gasteiger partial charge in [0.05, 0.1) is 5.52 Å². The zero-order valence-corrected chi connectivity index (χ0v) is 8.74. The number of benzene rings is 1. The summed E-state index contributed by atoms with van der Waals surface area (Å²) in [6.07, 6.45) is 1.58. The van der Waals surface area contributed by atoms with Crippen LogP contribution in [0.2, 0.25) is 0 Å². The molecule has 0 fully saturated rings. The fourth-order valence-corrected chi connectivity index (χ4v) is 1.49. The zero-order valence-electron chi connectivity index (χ0n) is 8.74. The predicted octanol–water partition coefficient (Wildman–Crippen LogP) is 2.44. The first-order chi connectivity index (χ1) is 7.68. The lowest BCUT2D eigenvalue weighted by atomic mass is 10.1. The van der Waals surface area contributed by atoms with Gasteiger partial charge >= 0.3 is 5.97 Å². The highest BCUT2D eigenvalue weighted by Gasteiger charge is 2.07. The molecule has 0 aliphatic carbocycles. The second kappa shape index (κ2) is 4.26. The Kier molecular flexibility index (Phi) is 2.81. The van der Waals surface area contributed by atoms with Crippen molar-refractivity contribution >= 4 is 16.9 Å². The van der Waals surface area contributed by atoms with E-state index in [0.29, 0.717) is 16.5 Å². The first-order valence-corrected chi connectivity index (χ1v) is 4.84. The van der Waals surface area contributed by atoms with Crippen molar-refractivity contribution in [1.29, 1.82) is 0 Å². The van der Waals surface area contributed by atoms with Crippen molar-refractivity contribution in [3.05, 3.63) is 41.8 Å². The van der Waals surface area contributed by atoms with E-state index in [-0.39, 0.29) is 18.4 Å². The van der Waals surface area contributed by atoms with Gasteiger partial charge in [-0.25, -0.2) is 4.39 Å². The minimum atomic E-state index is -0.367. The summed E-state index contributed by atoms with van der Waals surface area (Å²) in [4.78, 5) is 14.8. The van der Waals surface area contributed by atoms with E-state index >= 15 is 0 Å². The molecule has 0 atom stereocenters. The lowest BCUT2D eigenvalue weighted by Crippen LogP contribution is -2.00. The molecule has 1 aromatic heterocycles. The van der Waals surface area contributed by atoms with Gasteiger partial charge in [0.25, 0.3) is 0 Å². The number of halogens is 1. The topological polar surface area (TPSA) is 39.2 Å². The molecule has 0 spiro atoms. The fraction of sp³-hybridized carbons (Fsp3) is 0.167. The molecule has 1 aromatic carbocycles. The maximum atomic E-state index is 13.4. The number of nitrogens with zero attached hydrogens (tertiary/aromatic N) is 1. The van der Waals surface area contributed by atoms with Crippen LogP contribution in [0.1, 0.15) is 12.5 Å². The van der Waals surface area contributed by atoms with Crippen LogP contribution in [0.15, 0.2) is 30.5 Å². The molecule has 0 N–H and O–H groups in total. The van der Waals surface area contributed by atoms with Gasteiger partial charge in [0.2, 0.25) is 0 Å². The molecule has 0 aliphatic rings. The Morgan fingerprint density at radius 2 is 2.25 bits per heavy atom. The molecule has 82 valence electrons. The number of pyridine rings is 1. The van der Waals surface area contributed by atoms with Crippen LogP contribution in [0.4, 0.5) is 4.39 Å². The van der Waals surface area contributed by atoms with Crippen LogP contribution in [0.5, 0.6) is 0 Å². The Bertz CT molecular complexity index is 540. The van der Waals surface area contributed by atoms with Gasteiger partial charge in [-0.15, -0.1) is 0 Å². The van der Waals surface area contributed by atoms with Crippen molar-refractivity contribution in [3.63, 3.8) is 0 Å². The van der Waals surface area contributed by atoms with Crippen LogP contribution in [0.25, 0.3) is 10.9 Å². The summed E-state index contributed by atoms with van der Waals surface area (Å²) in [7, 11) is 0. The number of hydrogen-bond acceptors (Lipinski definition) is 3. The van der Waals surface area contributed by atoms with E-state index < -0.39 is 0 Å². The third-order valence-corrected chi connectivity index (χ3v) is 2.23. The van der Waals surface area contributed by atoms with E-state index in [4.69, 9.17) is 4.74 Å². The lowest BCUT2D eigenvalue weighted by Gasteiger charge is -2.06. The SMILES string of the molecule is CC(=O)OCc1ccc(F)c2cccnc12. The quantitative estimate of drug-likeness (QED) is 0.728. The standard InChI is InChI=1S/C12H10FNO2/c1-8(15)16-7-9-4-5-11(13)10-3-2-6-14-12(9)10/h2-6H,7H2,1H3. The molecule has 0 radical (unpaired) electrons.